The standard InChI is InChI=1S/C23H38N2O4/c1-2-3-4-5-6-9-22(26)24-19(17-25-12-7-8-13-25)23(27)18-10-11-20-21(16-18)29-15-14-28-20/h10-11,16,19,22-24,26-27H,2-9,12-15,17H2,1H3/t19-,22?,23-/m1/s1. The number of aliphatic hydroxyl groups excluding tert-OH is 2. The average Bonchev–Trinajstić information content (AvgIpc) is 3.25. The van der Waals surface area contributed by atoms with Crippen molar-refractivity contribution >= 4 is 0 Å². The summed E-state index contributed by atoms with van der Waals surface area (Å²) in [7, 11) is 0. The third-order valence-electron chi connectivity index (χ3n) is 5.93. The second-order valence-corrected chi connectivity index (χ2v) is 8.35. The van der Waals surface area contributed by atoms with Gasteiger partial charge in [-0.05, 0) is 56.5 Å². The zero-order valence-corrected chi connectivity index (χ0v) is 17.8. The summed E-state index contributed by atoms with van der Waals surface area (Å²) in [5.41, 5.74) is 0.793. The first-order valence-corrected chi connectivity index (χ1v) is 11.4. The highest BCUT2D eigenvalue weighted by molar-refractivity contribution is 5.44. The van der Waals surface area contributed by atoms with Crippen LogP contribution >= 0.6 is 0 Å². The second-order valence-electron chi connectivity index (χ2n) is 8.35. The van der Waals surface area contributed by atoms with Crippen LogP contribution in [0.4, 0.5) is 0 Å². The molecule has 0 spiro atoms. The molecule has 6 nitrogen and oxygen atoms in total. The molecule has 0 saturated carbocycles. The predicted molar refractivity (Wildman–Crippen MR) is 114 cm³/mol. The molecule has 6 heteroatoms. The molecule has 1 unspecified atom stereocenters. The van der Waals surface area contributed by atoms with E-state index in [0.717, 1.165) is 43.8 Å². The van der Waals surface area contributed by atoms with E-state index in [9.17, 15) is 10.2 Å². The molecule has 2 aliphatic heterocycles. The topological polar surface area (TPSA) is 74.2 Å². The number of hydrogen-bond acceptors (Lipinski definition) is 6. The lowest BCUT2D eigenvalue weighted by Gasteiger charge is -2.31. The Labute approximate surface area is 175 Å². The first-order chi connectivity index (χ1) is 14.2. The summed E-state index contributed by atoms with van der Waals surface area (Å²) in [5.74, 6) is 1.41. The number of benzene rings is 1. The van der Waals surface area contributed by atoms with E-state index < -0.39 is 12.3 Å². The summed E-state index contributed by atoms with van der Waals surface area (Å²) in [6.07, 6.45) is 7.65. The maximum absolute atomic E-state index is 11.1. The molecule has 2 heterocycles. The molecule has 0 aromatic heterocycles. The molecule has 2 aliphatic rings. The third kappa shape index (κ3) is 6.85. The summed E-state index contributed by atoms with van der Waals surface area (Å²) in [6.45, 7) is 6.12. The molecule has 1 aromatic rings. The summed E-state index contributed by atoms with van der Waals surface area (Å²) >= 11 is 0. The van der Waals surface area contributed by atoms with E-state index in [4.69, 9.17) is 9.47 Å². The smallest absolute Gasteiger partial charge is 0.161 e. The fourth-order valence-corrected chi connectivity index (χ4v) is 4.23. The first-order valence-electron chi connectivity index (χ1n) is 11.4. The molecule has 1 saturated heterocycles. The normalized spacial score (nSPS) is 19.8. The molecule has 0 radical (unpaired) electrons. The SMILES string of the molecule is CCCCCCCC(O)N[C@H](CN1CCCC1)[C@H](O)c1ccc2c(c1)OCCO2. The number of hydrogen-bond donors (Lipinski definition) is 3. The molecule has 3 atom stereocenters. The van der Waals surface area contributed by atoms with Gasteiger partial charge in [0.2, 0.25) is 0 Å². The zero-order chi connectivity index (χ0) is 20.5. The minimum absolute atomic E-state index is 0.235. The van der Waals surface area contributed by atoms with Crippen LogP contribution in [-0.2, 0) is 0 Å². The van der Waals surface area contributed by atoms with Crippen LogP contribution in [0.2, 0.25) is 0 Å². The Hall–Kier alpha value is -1.34. The zero-order valence-electron chi connectivity index (χ0n) is 17.8. The van der Waals surface area contributed by atoms with Gasteiger partial charge in [0.05, 0.1) is 12.1 Å². The molecule has 1 fully saturated rings. The lowest BCUT2D eigenvalue weighted by molar-refractivity contribution is 0.0462. The van der Waals surface area contributed by atoms with Crippen molar-refractivity contribution in [3.8, 4) is 11.5 Å². The van der Waals surface area contributed by atoms with Crippen LogP contribution in [0.3, 0.4) is 0 Å². The first kappa shape index (κ1) is 22.3. The Morgan fingerprint density at radius 3 is 2.48 bits per heavy atom. The quantitative estimate of drug-likeness (QED) is 0.366. The molecule has 164 valence electrons. The average molecular weight is 407 g/mol. The Balaban J connectivity index is 1.60. The monoisotopic (exact) mass is 406 g/mol. The Morgan fingerprint density at radius 1 is 1.00 bits per heavy atom. The van der Waals surface area contributed by atoms with Crippen LogP contribution in [-0.4, -0.2) is 60.2 Å². The largest absolute Gasteiger partial charge is 0.486 e. The van der Waals surface area contributed by atoms with Crippen LogP contribution < -0.4 is 14.8 Å². The van der Waals surface area contributed by atoms with Crippen molar-refractivity contribution in [1.29, 1.82) is 0 Å². The summed E-state index contributed by atoms with van der Waals surface area (Å²) in [5, 5.41) is 25.0. The number of likely N-dealkylation sites (tertiary alicyclic amines) is 1. The van der Waals surface area contributed by atoms with Crippen molar-refractivity contribution in [3.63, 3.8) is 0 Å². The maximum atomic E-state index is 11.1. The van der Waals surface area contributed by atoms with Gasteiger partial charge >= 0.3 is 0 Å². The van der Waals surface area contributed by atoms with E-state index in [0.29, 0.717) is 25.4 Å². The van der Waals surface area contributed by atoms with Crippen molar-refractivity contribution in [2.24, 2.45) is 0 Å². The number of fused-ring (bicyclic) bond motifs is 1. The van der Waals surface area contributed by atoms with Crippen LogP contribution in [0.5, 0.6) is 11.5 Å². The van der Waals surface area contributed by atoms with E-state index in [2.05, 4.69) is 17.1 Å². The van der Waals surface area contributed by atoms with Crippen molar-refractivity contribution in [1.82, 2.24) is 10.2 Å². The van der Waals surface area contributed by atoms with Gasteiger partial charge < -0.3 is 24.6 Å². The maximum Gasteiger partial charge on any atom is 0.161 e. The number of aliphatic hydroxyl groups is 2. The fourth-order valence-electron chi connectivity index (χ4n) is 4.23. The van der Waals surface area contributed by atoms with Gasteiger partial charge in [-0.25, -0.2) is 0 Å². The lowest BCUT2D eigenvalue weighted by atomic mass is 10.00. The van der Waals surface area contributed by atoms with E-state index in [1.165, 1.54) is 32.1 Å². The van der Waals surface area contributed by atoms with Crippen LogP contribution in [0.1, 0.15) is 70.0 Å². The van der Waals surface area contributed by atoms with Crippen molar-refractivity contribution in [3.05, 3.63) is 23.8 Å². The molecule has 0 amide bonds. The van der Waals surface area contributed by atoms with Gasteiger partial charge in [0.25, 0.3) is 0 Å². The van der Waals surface area contributed by atoms with Gasteiger partial charge in [-0.1, -0.05) is 38.7 Å². The highest BCUT2D eigenvalue weighted by atomic mass is 16.6. The molecular weight excluding hydrogens is 368 g/mol. The molecule has 1 aromatic carbocycles. The Kier molecular flexibility index (Phi) is 9.05. The van der Waals surface area contributed by atoms with Crippen LogP contribution in [0.15, 0.2) is 18.2 Å². The van der Waals surface area contributed by atoms with E-state index in [1.54, 1.807) is 0 Å². The number of ether oxygens (including phenoxy) is 2. The van der Waals surface area contributed by atoms with Gasteiger partial charge in [-0.2, -0.15) is 0 Å². The van der Waals surface area contributed by atoms with Crippen LogP contribution in [0.25, 0.3) is 0 Å². The third-order valence-corrected chi connectivity index (χ3v) is 5.93. The van der Waals surface area contributed by atoms with Gasteiger partial charge in [0, 0.05) is 6.54 Å². The Bertz CT molecular complexity index is 607. The summed E-state index contributed by atoms with van der Waals surface area (Å²) in [4.78, 5) is 2.37. The summed E-state index contributed by atoms with van der Waals surface area (Å²) in [6, 6.07) is 5.40. The second kappa shape index (κ2) is 11.7. The fraction of sp³-hybridized carbons (Fsp3) is 0.739. The molecule has 0 bridgehead atoms. The highest BCUT2D eigenvalue weighted by Crippen LogP contribution is 2.33. The molecule has 0 aliphatic carbocycles. The number of nitrogens with zero attached hydrogens (tertiary/aromatic N) is 1. The lowest BCUT2D eigenvalue weighted by Crippen LogP contribution is -2.48. The van der Waals surface area contributed by atoms with Gasteiger partial charge in [-0.3, -0.25) is 5.32 Å². The van der Waals surface area contributed by atoms with Crippen molar-refractivity contribution < 1.29 is 19.7 Å². The minimum Gasteiger partial charge on any atom is -0.486 e. The summed E-state index contributed by atoms with van der Waals surface area (Å²) < 4.78 is 11.3. The van der Waals surface area contributed by atoms with Gasteiger partial charge in [-0.15, -0.1) is 0 Å². The van der Waals surface area contributed by atoms with Gasteiger partial charge in [0.1, 0.15) is 19.4 Å². The van der Waals surface area contributed by atoms with Crippen molar-refractivity contribution in [2.75, 3.05) is 32.8 Å². The Morgan fingerprint density at radius 2 is 1.72 bits per heavy atom. The predicted octanol–water partition coefficient (Wildman–Crippen LogP) is 3.22. The molecule has 3 N–H and O–H groups in total. The van der Waals surface area contributed by atoms with E-state index >= 15 is 0 Å². The van der Waals surface area contributed by atoms with E-state index in [-0.39, 0.29) is 6.04 Å². The molecule has 29 heavy (non-hydrogen) atoms. The number of rotatable bonds is 12. The molecular formula is C23H38N2O4. The van der Waals surface area contributed by atoms with Gasteiger partial charge in [0.15, 0.2) is 11.5 Å². The van der Waals surface area contributed by atoms with Crippen molar-refractivity contribution in [2.45, 2.75) is 76.7 Å². The van der Waals surface area contributed by atoms with E-state index in [1.807, 2.05) is 18.2 Å². The minimum atomic E-state index is -0.721. The van der Waals surface area contributed by atoms with Crippen LogP contribution in [0, 0.1) is 0 Å². The number of nitrogens with one attached hydrogen (secondary N) is 1. The highest BCUT2D eigenvalue weighted by Gasteiger charge is 2.27. The molecule has 3 rings (SSSR count). The number of unbranched alkanes of at least 4 members (excludes halogenated alkanes) is 4.